The molecule has 0 bridgehead atoms. The Labute approximate surface area is 137 Å². The van der Waals surface area contributed by atoms with Crippen molar-refractivity contribution in [1.82, 2.24) is 15.1 Å². The van der Waals surface area contributed by atoms with E-state index in [1.165, 1.54) is 11.9 Å². The van der Waals surface area contributed by atoms with E-state index in [0.717, 1.165) is 0 Å². The van der Waals surface area contributed by atoms with Gasteiger partial charge in [0.2, 0.25) is 17.7 Å². The third kappa shape index (κ3) is 4.59. The van der Waals surface area contributed by atoms with Gasteiger partial charge in [-0.05, 0) is 0 Å². The number of halogens is 3. The molecule has 136 valence electrons. The summed E-state index contributed by atoms with van der Waals surface area (Å²) in [6, 6.07) is -0.132. The van der Waals surface area contributed by atoms with E-state index in [1.54, 1.807) is 4.90 Å². The van der Waals surface area contributed by atoms with Crippen LogP contribution in [-0.2, 0) is 19.1 Å². The lowest BCUT2D eigenvalue weighted by atomic mass is 10.1. The molecule has 2 aliphatic rings. The van der Waals surface area contributed by atoms with Crippen molar-refractivity contribution in [2.24, 2.45) is 5.92 Å². The lowest BCUT2D eigenvalue weighted by Crippen LogP contribution is -2.61. The average molecular weight is 351 g/mol. The fourth-order valence-corrected chi connectivity index (χ4v) is 2.83. The smallest absolute Gasteiger partial charge is 0.372 e. The molecule has 2 aliphatic heterocycles. The Bertz CT molecular complexity index is 506. The van der Waals surface area contributed by atoms with Gasteiger partial charge in [-0.25, -0.2) is 0 Å². The van der Waals surface area contributed by atoms with Gasteiger partial charge in [0.15, 0.2) is 0 Å². The number of carbonyl (C=O) groups excluding carboxylic acids is 3. The van der Waals surface area contributed by atoms with E-state index in [9.17, 15) is 27.6 Å². The molecule has 2 fully saturated rings. The van der Waals surface area contributed by atoms with Crippen LogP contribution in [0.2, 0.25) is 0 Å². The highest BCUT2D eigenvalue weighted by Gasteiger charge is 2.43. The molecule has 10 heteroatoms. The van der Waals surface area contributed by atoms with E-state index in [0.29, 0.717) is 19.6 Å². The van der Waals surface area contributed by atoms with Crippen molar-refractivity contribution in [2.45, 2.75) is 25.1 Å². The molecular formula is C14H20F3N3O4. The van der Waals surface area contributed by atoms with Crippen LogP contribution in [0.4, 0.5) is 13.2 Å². The molecule has 1 unspecified atom stereocenters. The fourth-order valence-electron chi connectivity index (χ4n) is 2.83. The van der Waals surface area contributed by atoms with Gasteiger partial charge in [0, 0.05) is 33.1 Å². The van der Waals surface area contributed by atoms with Crippen molar-refractivity contribution in [3.8, 4) is 0 Å². The molecule has 0 aromatic rings. The molecule has 1 N–H and O–H groups in total. The molecule has 0 aliphatic carbocycles. The Hall–Kier alpha value is -1.84. The van der Waals surface area contributed by atoms with Crippen LogP contribution in [0, 0.1) is 5.92 Å². The van der Waals surface area contributed by atoms with E-state index in [2.05, 4.69) is 10.1 Å². The largest absolute Gasteiger partial charge is 0.411 e. The monoisotopic (exact) mass is 351 g/mol. The van der Waals surface area contributed by atoms with Gasteiger partial charge < -0.3 is 19.9 Å². The average Bonchev–Trinajstić information content (AvgIpc) is 2.82. The predicted octanol–water partition coefficient (Wildman–Crippen LogP) is -0.239. The van der Waals surface area contributed by atoms with Gasteiger partial charge in [-0.1, -0.05) is 0 Å². The zero-order valence-corrected chi connectivity index (χ0v) is 13.3. The quantitative estimate of drug-likeness (QED) is 0.670. The van der Waals surface area contributed by atoms with Crippen LogP contribution >= 0.6 is 0 Å². The second kappa shape index (κ2) is 7.37. The fraction of sp³-hybridized carbons (Fsp3) is 0.786. The van der Waals surface area contributed by atoms with Crippen molar-refractivity contribution in [2.75, 3.05) is 39.9 Å². The zero-order valence-electron chi connectivity index (χ0n) is 13.3. The van der Waals surface area contributed by atoms with Gasteiger partial charge in [-0.15, -0.1) is 0 Å². The first-order valence-electron chi connectivity index (χ1n) is 7.64. The molecule has 7 nitrogen and oxygen atoms in total. The van der Waals surface area contributed by atoms with Crippen molar-refractivity contribution in [3.63, 3.8) is 0 Å². The van der Waals surface area contributed by atoms with Gasteiger partial charge in [-0.2, -0.15) is 13.2 Å². The molecule has 0 radical (unpaired) electrons. The number of nitrogens with one attached hydrogen (secondary N) is 1. The number of ether oxygens (including phenoxy) is 1. The van der Waals surface area contributed by atoms with Crippen molar-refractivity contribution in [1.29, 1.82) is 0 Å². The molecule has 24 heavy (non-hydrogen) atoms. The molecule has 0 saturated carbocycles. The lowest BCUT2D eigenvalue weighted by molar-refractivity contribution is -0.175. The summed E-state index contributed by atoms with van der Waals surface area (Å²) in [7, 11) is 1.51. The third-order valence-corrected chi connectivity index (χ3v) is 4.16. The number of amides is 3. The van der Waals surface area contributed by atoms with Gasteiger partial charge in [0.25, 0.3) is 0 Å². The molecule has 0 spiro atoms. The highest BCUT2D eigenvalue weighted by molar-refractivity contribution is 5.89. The van der Waals surface area contributed by atoms with Gasteiger partial charge in [-0.3, -0.25) is 14.4 Å². The molecule has 2 heterocycles. The van der Waals surface area contributed by atoms with E-state index in [-0.39, 0.29) is 49.1 Å². The molecule has 2 saturated heterocycles. The Morgan fingerprint density at radius 2 is 1.96 bits per heavy atom. The summed E-state index contributed by atoms with van der Waals surface area (Å²) in [4.78, 5) is 38.4. The second-order valence-corrected chi connectivity index (χ2v) is 5.93. The summed E-state index contributed by atoms with van der Waals surface area (Å²) in [6.07, 6.45) is -4.37. The molecular weight excluding hydrogens is 331 g/mol. The molecule has 3 amide bonds. The van der Waals surface area contributed by atoms with Crippen LogP contribution in [0.25, 0.3) is 0 Å². The normalized spacial score (nSPS) is 21.8. The summed E-state index contributed by atoms with van der Waals surface area (Å²) in [5.41, 5.74) is 0. The summed E-state index contributed by atoms with van der Waals surface area (Å²) in [5.74, 6) is -0.972. The summed E-state index contributed by atoms with van der Waals surface area (Å²) < 4.78 is 40.1. The Kier molecular flexibility index (Phi) is 5.68. The van der Waals surface area contributed by atoms with Crippen molar-refractivity contribution in [3.05, 3.63) is 0 Å². The minimum Gasteiger partial charge on any atom is -0.372 e. The van der Waals surface area contributed by atoms with Crippen LogP contribution in [0.3, 0.4) is 0 Å². The molecule has 0 aromatic carbocycles. The van der Waals surface area contributed by atoms with Gasteiger partial charge in [0.05, 0.1) is 25.0 Å². The van der Waals surface area contributed by atoms with Gasteiger partial charge >= 0.3 is 6.18 Å². The number of likely N-dealkylation sites (tertiary alicyclic amines) is 2. The summed E-state index contributed by atoms with van der Waals surface area (Å²) in [5, 5.41) is 2.51. The highest BCUT2D eigenvalue weighted by atomic mass is 19.4. The predicted molar refractivity (Wildman–Crippen MR) is 75.7 cm³/mol. The van der Waals surface area contributed by atoms with E-state index in [1.807, 2.05) is 0 Å². The first-order chi connectivity index (χ1) is 11.2. The minimum absolute atomic E-state index is 0.116. The number of hydrogen-bond donors (Lipinski definition) is 1. The topological polar surface area (TPSA) is 79.0 Å². The first kappa shape index (κ1) is 18.5. The Morgan fingerprint density at radius 3 is 2.54 bits per heavy atom. The summed E-state index contributed by atoms with van der Waals surface area (Å²) in [6.45, 7) is -0.651. The molecule has 2 rings (SSSR count). The third-order valence-electron chi connectivity index (χ3n) is 4.16. The Morgan fingerprint density at radius 1 is 1.29 bits per heavy atom. The SMILES string of the molecule is CNC(=O)C1CC(=O)N(C2CN(C(=O)CCOCC(F)(F)F)C2)C1. The Balaban J connectivity index is 1.68. The summed E-state index contributed by atoms with van der Waals surface area (Å²) >= 11 is 0. The van der Waals surface area contributed by atoms with E-state index < -0.39 is 12.8 Å². The second-order valence-electron chi connectivity index (χ2n) is 5.93. The highest BCUT2D eigenvalue weighted by Crippen LogP contribution is 2.25. The maximum absolute atomic E-state index is 11.9. The number of hydrogen-bond acceptors (Lipinski definition) is 4. The van der Waals surface area contributed by atoms with Crippen molar-refractivity contribution >= 4 is 17.7 Å². The van der Waals surface area contributed by atoms with Crippen LogP contribution in [0.1, 0.15) is 12.8 Å². The van der Waals surface area contributed by atoms with Gasteiger partial charge in [0.1, 0.15) is 6.61 Å². The van der Waals surface area contributed by atoms with E-state index >= 15 is 0 Å². The number of carbonyl (C=O) groups is 3. The minimum atomic E-state index is -4.40. The van der Waals surface area contributed by atoms with Crippen LogP contribution in [-0.4, -0.2) is 79.6 Å². The van der Waals surface area contributed by atoms with Crippen LogP contribution < -0.4 is 5.32 Å². The lowest BCUT2D eigenvalue weighted by Gasteiger charge is -2.44. The van der Waals surface area contributed by atoms with Crippen LogP contribution in [0.15, 0.2) is 0 Å². The van der Waals surface area contributed by atoms with Crippen molar-refractivity contribution < 1.29 is 32.3 Å². The number of nitrogens with zero attached hydrogens (tertiary/aromatic N) is 2. The van der Waals surface area contributed by atoms with E-state index in [4.69, 9.17) is 0 Å². The maximum atomic E-state index is 11.9. The standard InChI is InChI=1S/C14H20F3N3O4/c1-18-13(23)9-4-12(22)20(5-9)10-6-19(7-10)11(21)2-3-24-8-14(15,16)17/h9-10H,2-8H2,1H3,(H,18,23). The van der Waals surface area contributed by atoms with Crippen LogP contribution in [0.5, 0.6) is 0 Å². The first-order valence-corrected chi connectivity index (χ1v) is 7.64. The zero-order chi connectivity index (χ0) is 17.9. The number of alkyl halides is 3. The maximum Gasteiger partial charge on any atom is 0.411 e. The molecule has 1 atom stereocenters. The molecule has 0 aromatic heterocycles. The number of rotatable bonds is 6.